The molecule has 0 radical (unpaired) electrons. The average molecular weight is 384 g/mol. The maximum atomic E-state index is 12.6. The largest absolute Gasteiger partial charge is 0.342 e. The van der Waals surface area contributed by atoms with Gasteiger partial charge < -0.3 is 10.3 Å². The lowest BCUT2D eigenvalue weighted by molar-refractivity contribution is 0.0925. The van der Waals surface area contributed by atoms with Gasteiger partial charge in [0.15, 0.2) is 0 Å². The molecule has 3 aromatic rings. The Morgan fingerprint density at radius 3 is 2.89 bits per heavy atom. The standard InChI is InChI=1S/C18H20N6O2S/c1-24-15(5-8-20-24)18(26)22-13(6-9-27-2)14-10-16(25)23-17(21-14)12-4-3-7-19-11-12/h3-5,7-8,10-11,13H,6,9H2,1-2H3,(H,22,26)(H,21,23,25)/t13-/m0/s1. The summed E-state index contributed by atoms with van der Waals surface area (Å²) in [7, 11) is 1.71. The van der Waals surface area contributed by atoms with Gasteiger partial charge in [-0.05, 0) is 36.6 Å². The molecule has 140 valence electrons. The third kappa shape index (κ3) is 4.62. The highest BCUT2D eigenvalue weighted by Crippen LogP contribution is 2.19. The Hall–Kier alpha value is -2.94. The Balaban J connectivity index is 1.93. The SMILES string of the molecule is CSCC[C@H](NC(=O)c1ccnn1C)c1cc(=O)[nH]c(-c2cccnc2)n1. The maximum Gasteiger partial charge on any atom is 0.270 e. The number of pyridine rings is 1. The van der Waals surface area contributed by atoms with E-state index in [2.05, 4.69) is 25.4 Å². The molecule has 0 fully saturated rings. The molecule has 0 bridgehead atoms. The Labute approximate surface area is 160 Å². The number of aromatic amines is 1. The molecule has 3 aromatic heterocycles. The third-order valence-electron chi connectivity index (χ3n) is 4.02. The van der Waals surface area contributed by atoms with Crippen molar-refractivity contribution in [1.82, 2.24) is 30.0 Å². The first-order chi connectivity index (χ1) is 13.1. The van der Waals surface area contributed by atoms with Crippen LogP contribution in [-0.4, -0.2) is 42.6 Å². The smallest absolute Gasteiger partial charge is 0.270 e. The van der Waals surface area contributed by atoms with Gasteiger partial charge in [-0.1, -0.05) is 0 Å². The molecule has 0 aliphatic carbocycles. The fourth-order valence-corrected chi connectivity index (χ4v) is 3.12. The van der Waals surface area contributed by atoms with E-state index >= 15 is 0 Å². The lowest BCUT2D eigenvalue weighted by atomic mass is 10.1. The fourth-order valence-electron chi connectivity index (χ4n) is 2.65. The number of carbonyl (C=O) groups is 1. The van der Waals surface area contributed by atoms with E-state index in [-0.39, 0.29) is 11.5 Å². The van der Waals surface area contributed by atoms with Gasteiger partial charge in [0.2, 0.25) is 0 Å². The number of H-pyrrole nitrogens is 1. The molecule has 0 saturated carbocycles. The van der Waals surface area contributed by atoms with Crippen LogP contribution in [0.2, 0.25) is 0 Å². The molecule has 2 N–H and O–H groups in total. The molecule has 9 heteroatoms. The second-order valence-electron chi connectivity index (χ2n) is 5.91. The predicted molar refractivity (Wildman–Crippen MR) is 105 cm³/mol. The van der Waals surface area contributed by atoms with Crippen molar-refractivity contribution in [3.8, 4) is 11.4 Å². The van der Waals surface area contributed by atoms with E-state index in [9.17, 15) is 9.59 Å². The van der Waals surface area contributed by atoms with Crippen LogP contribution in [0, 0.1) is 0 Å². The quantitative estimate of drug-likeness (QED) is 0.643. The topological polar surface area (TPSA) is 106 Å². The predicted octanol–water partition coefficient (Wildman–Crippen LogP) is 1.79. The van der Waals surface area contributed by atoms with Crippen LogP contribution in [0.25, 0.3) is 11.4 Å². The lowest BCUT2D eigenvalue weighted by Gasteiger charge is -2.18. The summed E-state index contributed by atoms with van der Waals surface area (Å²) >= 11 is 1.66. The molecule has 8 nitrogen and oxygen atoms in total. The maximum absolute atomic E-state index is 12.6. The van der Waals surface area contributed by atoms with Gasteiger partial charge in [0.05, 0.1) is 11.7 Å². The molecule has 0 aliphatic heterocycles. The molecular formula is C18H20N6O2S. The minimum Gasteiger partial charge on any atom is -0.342 e. The summed E-state index contributed by atoms with van der Waals surface area (Å²) in [5.41, 5.74) is 1.39. The van der Waals surface area contributed by atoms with Gasteiger partial charge in [-0.15, -0.1) is 0 Å². The van der Waals surface area contributed by atoms with Crippen molar-refractivity contribution < 1.29 is 4.79 Å². The molecule has 0 unspecified atom stereocenters. The molecule has 1 atom stereocenters. The van der Waals surface area contributed by atoms with Gasteiger partial charge in [-0.2, -0.15) is 16.9 Å². The van der Waals surface area contributed by atoms with Crippen molar-refractivity contribution in [1.29, 1.82) is 0 Å². The molecule has 27 heavy (non-hydrogen) atoms. The van der Waals surface area contributed by atoms with E-state index in [1.165, 1.54) is 10.7 Å². The highest BCUT2D eigenvalue weighted by atomic mass is 32.2. The Morgan fingerprint density at radius 2 is 2.22 bits per heavy atom. The van der Waals surface area contributed by atoms with Crippen LogP contribution in [0.4, 0.5) is 0 Å². The van der Waals surface area contributed by atoms with Crippen LogP contribution in [0.1, 0.15) is 28.6 Å². The first-order valence-corrected chi connectivity index (χ1v) is 9.77. The number of hydrogen-bond donors (Lipinski definition) is 2. The van der Waals surface area contributed by atoms with E-state index in [1.54, 1.807) is 49.5 Å². The zero-order valence-corrected chi connectivity index (χ0v) is 15.9. The number of nitrogens with one attached hydrogen (secondary N) is 2. The summed E-state index contributed by atoms with van der Waals surface area (Å²) in [6, 6.07) is 6.27. The van der Waals surface area contributed by atoms with Crippen LogP contribution in [-0.2, 0) is 7.05 Å². The number of thioether (sulfide) groups is 1. The normalized spacial score (nSPS) is 11.9. The summed E-state index contributed by atoms with van der Waals surface area (Å²) in [6.45, 7) is 0. The summed E-state index contributed by atoms with van der Waals surface area (Å²) in [5, 5.41) is 7.00. The highest BCUT2D eigenvalue weighted by molar-refractivity contribution is 7.98. The monoisotopic (exact) mass is 384 g/mol. The van der Waals surface area contributed by atoms with E-state index < -0.39 is 6.04 Å². The number of carbonyl (C=O) groups excluding carboxylic acids is 1. The minimum absolute atomic E-state index is 0.258. The molecule has 0 aromatic carbocycles. The Bertz CT molecular complexity index is 969. The van der Waals surface area contributed by atoms with Crippen LogP contribution >= 0.6 is 11.8 Å². The summed E-state index contributed by atoms with van der Waals surface area (Å²) in [6.07, 6.45) is 7.49. The van der Waals surface area contributed by atoms with Gasteiger partial charge in [-0.25, -0.2) is 4.98 Å². The van der Waals surface area contributed by atoms with Gasteiger partial charge in [0, 0.05) is 37.3 Å². The fraction of sp³-hybridized carbons (Fsp3) is 0.278. The van der Waals surface area contributed by atoms with Gasteiger partial charge in [0.1, 0.15) is 11.5 Å². The van der Waals surface area contributed by atoms with Crippen molar-refractivity contribution >= 4 is 17.7 Å². The number of amides is 1. The van der Waals surface area contributed by atoms with E-state index in [4.69, 9.17) is 0 Å². The minimum atomic E-state index is -0.391. The molecule has 0 spiro atoms. The molecule has 3 rings (SSSR count). The van der Waals surface area contributed by atoms with Crippen molar-refractivity contribution in [2.24, 2.45) is 7.05 Å². The van der Waals surface area contributed by atoms with Gasteiger partial charge >= 0.3 is 0 Å². The summed E-state index contributed by atoms with van der Waals surface area (Å²) < 4.78 is 1.51. The van der Waals surface area contributed by atoms with Crippen molar-refractivity contribution in [2.75, 3.05) is 12.0 Å². The molecule has 1 amide bonds. The first kappa shape index (κ1) is 18.8. The van der Waals surface area contributed by atoms with Crippen molar-refractivity contribution in [2.45, 2.75) is 12.5 Å². The second kappa shape index (κ2) is 8.63. The number of nitrogens with zero attached hydrogens (tertiary/aromatic N) is 4. The van der Waals surface area contributed by atoms with Crippen molar-refractivity contribution in [3.63, 3.8) is 0 Å². The van der Waals surface area contributed by atoms with E-state index in [0.717, 1.165) is 5.75 Å². The zero-order valence-electron chi connectivity index (χ0n) is 15.0. The van der Waals surface area contributed by atoms with Crippen LogP contribution < -0.4 is 10.9 Å². The number of hydrogen-bond acceptors (Lipinski definition) is 6. The number of aromatic nitrogens is 5. The Kier molecular flexibility index (Phi) is 6.02. The van der Waals surface area contributed by atoms with Crippen molar-refractivity contribution in [3.05, 3.63) is 64.6 Å². The van der Waals surface area contributed by atoms with Crippen LogP contribution in [0.3, 0.4) is 0 Å². The highest BCUT2D eigenvalue weighted by Gasteiger charge is 2.20. The first-order valence-electron chi connectivity index (χ1n) is 8.38. The number of aryl methyl sites for hydroxylation is 1. The Morgan fingerprint density at radius 1 is 1.37 bits per heavy atom. The molecular weight excluding hydrogens is 364 g/mol. The van der Waals surface area contributed by atoms with Gasteiger partial charge in [-0.3, -0.25) is 19.3 Å². The molecule has 0 saturated heterocycles. The summed E-state index contributed by atoms with van der Waals surface area (Å²) in [4.78, 5) is 36.2. The van der Waals surface area contributed by atoms with E-state index in [0.29, 0.717) is 29.2 Å². The average Bonchev–Trinajstić information content (AvgIpc) is 3.11. The lowest BCUT2D eigenvalue weighted by Crippen LogP contribution is -2.32. The van der Waals surface area contributed by atoms with E-state index in [1.807, 2.05) is 12.3 Å². The number of rotatable bonds is 7. The second-order valence-corrected chi connectivity index (χ2v) is 6.89. The zero-order chi connectivity index (χ0) is 19.2. The molecule has 3 heterocycles. The summed E-state index contributed by atoms with van der Waals surface area (Å²) in [5.74, 6) is 0.980. The molecule has 0 aliphatic rings. The third-order valence-corrected chi connectivity index (χ3v) is 4.67. The van der Waals surface area contributed by atoms with Gasteiger partial charge in [0.25, 0.3) is 11.5 Å². The van der Waals surface area contributed by atoms with Crippen LogP contribution in [0.15, 0.2) is 47.7 Å². The van der Waals surface area contributed by atoms with Crippen LogP contribution in [0.5, 0.6) is 0 Å².